The third-order valence-corrected chi connectivity index (χ3v) is 1.24. The van der Waals surface area contributed by atoms with Gasteiger partial charge >= 0.3 is 11.9 Å². The van der Waals surface area contributed by atoms with Gasteiger partial charge in [0, 0.05) is 13.3 Å². The van der Waals surface area contributed by atoms with Crippen molar-refractivity contribution in [2.24, 2.45) is 0 Å². The van der Waals surface area contributed by atoms with Crippen molar-refractivity contribution in [3.63, 3.8) is 0 Å². The highest BCUT2D eigenvalue weighted by atomic mass is 16.6. The van der Waals surface area contributed by atoms with E-state index in [9.17, 15) is 9.59 Å². The van der Waals surface area contributed by atoms with Crippen LogP contribution >= 0.6 is 0 Å². The van der Waals surface area contributed by atoms with Gasteiger partial charge in [-0.05, 0) is 27.1 Å². The van der Waals surface area contributed by atoms with Crippen molar-refractivity contribution in [2.45, 2.75) is 19.8 Å². The van der Waals surface area contributed by atoms with Gasteiger partial charge in [0.2, 0.25) is 0 Å². The number of ether oxygens (including phenoxy) is 1. The Bertz CT molecular complexity index is 166. The molecule has 0 spiro atoms. The molecule has 0 heterocycles. The lowest BCUT2D eigenvalue weighted by molar-refractivity contribution is -0.158. The topological polar surface area (TPSA) is 46.6 Å². The summed E-state index contributed by atoms with van der Waals surface area (Å²) in [6.07, 6.45) is 1.02. The zero-order valence-corrected chi connectivity index (χ0v) is 7.79. The smallest absolute Gasteiger partial charge is 0.313 e. The average Bonchev–Trinajstić information content (AvgIpc) is 1.84. The first-order chi connectivity index (χ1) is 5.52. The number of esters is 2. The fourth-order valence-corrected chi connectivity index (χ4v) is 0.751. The van der Waals surface area contributed by atoms with Crippen LogP contribution in [-0.2, 0) is 14.3 Å². The maximum Gasteiger partial charge on any atom is 0.313 e. The van der Waals surface area contributed by atoms with Crippen LogP contribution in [0.15, 0.2) is 0 Å². The van der Waals surface area contributed by atoms with Gasteiger partial charge in [-0.2, -0.15) is 0 Å². The van der Waals surface area contributed by atoms with Gasteiger partial charge in [-0.25, -0.2) is 0 Å². The Morgan fingerprint density at radius 2 is 1.92 bits per heavy atom. The van der Waals surface area contributed by atoms with Gasteiger partial charge in [-0.3, -0.25) is 9.59 Å². The van der Waals surface area contributed by atoms with Crippen LogP contribution in [0.5, 0.6) is 0 Å². The molecular weight excluding hydrogens is 158 g/mol. The molecule has 0 amide bonds. The highest BCUT2D eigenvalue weighted by Crippen LogP contribution is 1.94. The minimum absolute atomic E-state index is 0.303. The van der Waals surface area contributed by atoms with E-state index in [0.717, 1.165) is 13.0 Å². The number of hydrogen-bond acceptors (Lipinski definition) is 4. The maximum absolute atomic E-state index is 10.8. The zero-order chi connectivity index (χ0) is 9.56. The predicted octanol–water partition coefficient (Wildman–Crippen LogP) is 0.418. The Kier molecular flexibility index (Phi) is 5.28. The highest BCUT2D eigenvalue weighted by molar-refractivity contribution is 5.83. The SMILES string of the molecule is CC(=O)OC(=O)CCCN(C)C. The van der Waals surface area contributed by atoms with Crippen molar-refractivity contribution in [3.05, 3.63) is 0 Å². The molecule has 0 fully saturated rings. The quantitative estimate of drug-likeness (QED) is 0.456. The number of hydrogen-bond donors (Lipinski definition) is 0. The zero-order valence-electron chi connectivity index (χ0n) is 7.79. The Balaban J connectivity index is 3.38. The molecule has 0 saturated carbocycles. The standard InChI is InChI=1S/C8H15NO3/c1-7(10)12-8(11)5-4-6-9(2)3/h4-6H2,1-3H3. The maximum atomic E-state index is 10.8. The van der Waals surface area contributed by atoms with Crippen LogP contribution < -0.4 is 0 Å². The molecular formula is C8H15NO3. The van der Waals surface area contributed by atoms with Gasteiger partial charge in [0.25, 0.3) is 0 Å². The molecule has 0 saturated heterocycles. The summed E-state index contributed by atoms with van der Waals surface area (Å²) in [5.41, 5.74) is 0. The highest BCUT2D eigenvalue weighted by Gasteiger charge is 2.05. The second-order valence-corrected chi connectivity index (χ2v) is 2.87. The van der Waals surface area contributed by atoms with Crippen LogP contribution in [0.2, 0.25) is 0 Å². The van der Waals surface area contributed by atoms with E-state index < -0.39 is 11.9 Å². The second-order valence-electron chi connectivity index (χ2n) is 2.87. The van der Waals surface area contributed by atoms with E-state index in [1.807, 2.05) is 19.0 Å². The van der Waals surface area contributed by atoms with Crippen molar-refractivity contribution in [1.29, 1.82) is 0 Å². The minimum atomic E-state index is -0.537. The lowest BCUT2D eigenvalue weighted by atomic mass is 10.3. The van der Waals surface area contributed by atoms with Crippen molar-refractivity contribution < 1.29 is 14.3 Å². The second kappa shape index (κ2) is 5.71. The summed E-state index contributed by atoms with van der Waals surface area (Å²) in [4.78, 5) is 23.0. The molecule has 12 heavy (non-hydrogen) atoms. The normalized spacial score (nSPS) is 10.0. The molecule has 0 aromatic heterocycles. The summed E-state index contributed by atoms with van der Waals surface area (Å²) in [5.74, 6) is -0.978. The number of carbonyl (C=O) groups excluding carboxylic acids is 2. The van der Waals surface area contributed by atoms with E-state index in [2.05, 4.69) is 4.74 Å². The first-order valence-corrected chi connectivity index (χ1v) is 3.88. The first-order valence-electron chi connectivity index (χ1n) is 3.88. The average molecular weight is 173 g/mol. The molecule has 0 aromatic carbocycles. The summed E-state index contributed by atoms with van der Waals surface area (Å²) < 4.78 is 4.34. The Labute approximate surface area is 72.5 Å². The summed E-state index contributed by atoms with van der Waals surface area (Å²) >= 11 is 0. The van der Waals surface area contributed by atoms with Crippen LogP contribution in [0, 0.1) is 0 Å². The minimum Gasteiger partial charge on any atom is -0.393 e. The fourth-order valence-electron chi connectivity index (χ4n) is 0.751. The van der Waals surface area contributed by atoms with Crippen molar-refractivity contribution in [3.8, 4) is 0 Å². The predicted molar refractivity (Wildman–Crippen MR) is 44.6 cm³/mol. The molecule has 0 aliphatic heterocycles. The summed E-state index contributed by atoms with van der Waals surface area (Å²) in [5, 5.41) is 0. The van der Waals surface area contributed by atoms with Gasteiger partial charge in [0.1, 0.15) is 0 Å². The molecule has 70 valence electrons. The van der Waals surface area contributed by atoms with Gasteiger partial charge in [-0.15, -0.1) is 0 Å². The molecule has 0 rings (SSSR count). The van der Waals surface area contributed by atoms with Gasteiger partial charge in [0.15, 0.2) is 0 Å². The number of rotatable bonds is 4. The Morgan fingerprint density at radius 3 is 2.33 bits per heavy atom. The van der Waals surface area contributed by atoms with E-state index in [0.29, 0.717) is 6.42 Å². The molecule has 4 nitrogen and oxygen atoms in total. The van der Waals surface area contributed by atoms with Crippen LogP contribution in [0.3, 0.4) is 0 Å². The van der Waals surface area contributed by atoms with Gasteiger partial charge in [-0.1, -0.05) is 0 Å². The lowest BCUT2D eigenvalue weighted by Crippen LogP contribution is -2.15. The van der Waals surface area contributed by atoms with Crippen LogP contribution in [0.4, 0.5) is 0 Å². The largest absolute Gasteiger partial charge is 0.393 e. The first kappa shape index (κ1) is 11.1. The molecule has 0 bridgehead atoms. The Hall–Kier alpha value is -0.900. The molecule has 4 heteroatoms. The van der Waals surface area contributed by atoms with E-state index in [1.54, 1.807) is 0 Å². The van der Waals surface area contributed by atoms with Crippen LogP contribution in [-0.4, -0.2) is 37.5 Å². The van der Waals surface area contributed by atoms with Crippen molar-refractivity contribution >= 4 is 11.9 Å². The van der Waals surface area contributed by atoms with Crippen molar-refractivity contribution in [1.82, 2.24) is 4.90 Å². The van der Waals surface area contributed by atoms with E-state index >= 15 is 0 Å². The molecule has 0 unspecified atom stereocenters. The van der Waals surface area contributed by atoms with E-state index in [4.69, 9.17) is 0 Å². The van der Waals surface area contributed by atoms with Crippen LogP contribution in [0.1, 0.15) is 19.8 Å². The molecule has 0 aliphatic carbocycles. The summed E-state index contributed by atoms with van der Waals surface area (Å²) in [6, 6.07) is 0. The Morgan fingerprint density at radius 1 is 1.33 bits per heavy atom. The molecule has 0 radical (unpaired) electrons. The summed E-state index contributed by atoms with van der Waals surface area (Å²) in [6.45, 7) is 2.05. The number of nitrogens with zero attached hydrogens (tertiary/aromatic N) is 1. The van der Waals surface area contributed by atoms with E-state index in [1.165, 1.54) is 6.92 Å². The molecule has 0 aliphatic rings. The van der Waals surface area contributed by atoms with Gasteiger partial charge in [0.05, 0.1) is 0 Å². The lowest BCUT2D eigenvalue weighted by Gasteiger charge is -2.07. The van der Waals surface area contributed by atoms with Crippen LogP contribution in [0.25, 0.3) is 0 Å². The summed E-state index contributed by atoms with van der Waals surface area (Å²) in [7, 11) is 3.85. The monoisotopic (exact) mass is 173 g/mol. The molecule has 0 aromatic rings. The van der Waals surface area contributed by atoms with Crippen molar-refractivity contribution in [2.75, 3.05) is 20.6 Å². The third kappa shape index (κ3) is 7.21. The van der Waals surface area contributed by atoms with E-state index in [-0.39, 0.29) is 0 Å². The molecule has 0 atom stereocenters. The number of carbonyl (C=O) groups is 2. The van der Waals surface area contributed by atoms with Gasteiger partial charge < -0.3 is 9.64 Å². The third-order valence-electron chi connectivity index (χ3n) is 1.24. The molecule has 0 N–H and O–H groups in total. The fraction of sp³-hybridized carbons (Fsp3) is 0.750.